The number of fused-ring (bicyclic) bond motifs is 1. The first kappa shape index (κ1) is 16.7. The molecule has 4 heterocycles. The lowest BCUT2D eigenvalue weighted by Gasteiger charge is -2.15. The van der Waals surface area contributed by atoms with E-state index in [2.05, 4.69) is 10.3 Å². The van der Waals surface area contributed by atoms with Gasteiger partial charge >= 0.3 is 0 Å². The van der Waals surface area contributed by atoms with Crippen LogP contribution < -0.4 is 5.32 Å². The maximum Gasteiger partial charge on any atom is 0.263 e. The van der Waals surface area contributed by atoms with Gasteiger partial charge in [0.05, 0.1) is 12.2 Å². The first-order valence-corrected chi connectivity index (χ1v) is 11.0. The van der Waals surface area contributed by atoms with Gasteiger partial charge < -0.3 is 5.32 Å². The van der Waals surface area contributed by atoms with Crippen LogP contribution in [0, 0.1) is 0 Å². The summed E-state index contributed by atoms with van der Waals surface area (Å²) in [4.78, 5) is 18.1. The molecule has 0 saturated carbocycles. The van der Waals surface area contributed by atoms with Crippen molar-refractivity contribution in [1.29, 1.82) is 0 Å². The predicted molar refractivity (Wildman–Crippen MR) is 96.6 cm³/mol. The van der Waals surface area contributed by atoms with Gasteiger partial charge in [-0.1, -0.05) is 0 Å². The Hall–Kier alpha value is -1.75. The van der Waals surface area contributed by atoms with Crippen LogP contribution in [0.5, 0.6) is 0 Å². The Morgan fingerprint density at radius 3 is 2.80 bits per heavy atom. The molecule has 7 nitrogen and oxygen atoms in total. The molecule has 3 aromatic heterocycles. The van der Waals surface area contributed by atoms with E-state index in [0.717, 1.165) is 34.8 Å². The average molecular weight is 397 g/mol. The van der Waals surface area contributed by atoms with E-state index < -0.39 is 10.0 Å². The summed E-state index contributed by atoms with van der Waals surface area (Å²) in [7, 11) is -3.60. The third-order valence-corrected chi connectivity index (χ3v) is 7.85. The Balaban J connectivity index is 1.51. The number of sulfonamides is 1. The normalized spacial score (nSPS) is 15.8. The van der Waals surface area contributed by atoms with Gasteiger partial charge in [0.1, 0.15) is 9.77 Å². The van der Waals surface area contributed by atoms with Gasteiger partial charge in [-0.25, -0.2) is 13.4 Å². The monoisotopic (exact) mass is 396 g/mol. The number of aromatic nitrogens is 2. The van der Waals surface area contributed by atoms with Crippen molar-refractivity contribution in [3.63, 3.8) is 0 Å². The van der Waals surface area contributed by atoms with Gasteiger partial charge in [-0.2, -0.15) is 4.31 Å². The van der Waals surface area contributed by atoms with Crippen molar-refractivity contribution < 1.29 is 13.2 Å². The Morgan fingerprint density at radius 1 is 1.24 bits per heavy atom. The lowest BCUT2D eigenvalue weighted by atomic mass is 10.4. The molecule has 0 atom stereocenters. The fourth-order valence-electron chi connectivity index (χ4n) is 2.85. The van der Waals surface area contributed by atoms with E-state index in [4.69, 9.17) is 0 Å². The largest absolute Gasteiger partial charge is 0.346 e. The third-order valence-electron chi connectivity index (χ3n) is 4.09. The highest BCUT2D eigenvalue weighted by molar-refractivity contribution is 7.89. The van der Waals surface area contributed by atoms with Crippen LogP contribution in [0.3, 0.4) is 0 Å². The van der Waals surface area contributed by atoms with Crippen molar-refractivity contribution in [2.45, 2.75) is 24.3 Å². The highest BCUT2D eigenvalue weighted by Gasteiger charge is 2.31. The molecular formula is C15H16N4O3S3. The second-order valence-electron chi connectivity index (χ2n) is 5.73. The van der Waals surface area contributed by atoms with Crippen LogP contribution in [0.15, 0.2) is 34.1 Å². The van der Waals surface area contributed by atoms with E-state index >= 15 is 0 Å². The first-order chi connectivity index (χ1) is 12.1. The summed E-state index contributed by atoms with van der Waals surface area (Å²) in [5.74, 6) is -0.385. The second-order valence-corrected chi connectivity index (χ2v) is 9.43. The highest BCUT2D eigenvalue weighted by Crippen LogP contribution is 2.27. The van der Waals surface area contributed by atoms with Crippen LogP contribution >= 0.6 is 22.7 Å². The number of imidazole rings is 1. The van der Waals surface area contributed by atoms with Gasteiger partial charge in [0.25, 0.3) is 5.91 Å². The van der Waals surface area contributed by atoms with Gasteiger partial charge in [-0.15, -0.1) is 22.7 Å². The standard InChI is InChI=1S/C15H16N4O3S3/c20-14(16-9-11-10-18-6-8-24-15(18)17-11)13-12(3-7-23-13)25(21,22)19-4-1-2-5-19/h3,6-8,10H,1-2,4-5,9H2,(H,16,20). The number of amides is 1. The van der Waals surface area contributed by atoms with Crippen molar-refractivity contribution in [2.24, 2.45) is 0 Å². The molecule has 1 saturated heterocycles. The molecule has 0 aliphatic carbocycles. The van der Waals surface area contributed by atoms with Crippen molar-refractivity contribution >= 4 is 43.6 Å². The van der Waals surface area contributed by atoms with Gasteiger partial charge in [0.15, 0.2) is 4.96 Å². The molecule has 1 fully saturated rings. The minimum Gasteiger partial charge on any atom is -0.346 e. The number of hydrogen-bond donors (Lipinski definition) is 1. The Morgan fingerprint density at radius 2 is 2.04 bits per heavy atom. The van der Waals surface area contributed by atoms with E-state index in [0.29, 0.717) is 13.1 Å². The van der Waals surface area contributed by atoms with E-state index in [9.17, 15) is 13.2 Å². The lowest BCUT2D eigenvalue weighted by Crippen LogP contribution is -2.30. The summed E-state index contributed by atoms with van der Waals surface area (Å²) >= 11 is 2.66. The van der Waals surface area contributed by atoms with Crippen LogP contribution in [0.25, 0.3) is 4.96 Å². The second kappa shape index (κ2) is 6.52. The predicted octanol–water partition coefficient (Wildman–Crippen LogP) is 2.17. The number of carbonyl (C=O) groups excluding carboxylic acids is 1. The fraction of sp³-hybridized carbons (Fsp3) is 0.333. The van der Waals surface area contributed by atoms with Crippen LogP contribution in [0.2, 0.25) is 0 Å². The Labute approximate surface area is 153 Å². The minimum atomic E-state index is -3.60. The summed E-state index contributed by atoms with van der Waals surface area (Å²) in [5.41, 5.74) is 0.737. The number of rotatable bonds is 5. The molecular weight excluding hydrogens is 380 g/mol. The molecule has 1 N–H and O–H groups in total. The van der Waals surface area contributed by atoms with Crippen LogP contribution in [0.4, 0.5) is 0 Å². The Kier molecular flexibility index (Phi) is 4.36. The molecule has 1 aliphatic rings. The number of thiophene rings is 1. The molecule has 0 unspecified atom stereocenters. The van der Waals surface area contributed by atoms with Gasteiger partial charge in [0.2, 0.25) is 10.0 Å². The molecule has 0 aromatic carbocycles. The Bertz CT molecular complexity index is 983. The zero-order chi connectivity index (χ0) is 17.4. The van der Waals surface area contributed by atoms with E-state index in [1.165, 1.54) is 21.7 Å². The van der Waals surface area contributed by atoms with Crippen molar-refractivity contribution in [3.8, 4) is 0 Å². The first-order valence-electron chi connectivity index (χ1n) is 7.82. The molecule has 1 aliphatic heterocycles. The minimum absolute atomic E-state index is 0.0997. The van der Waals surface area contributed by atoms with Crippen LogP contribution in [-0.4, -0.2) is 41.1 Å². The van der Waals surface area contributed by atoms with Crippen molar-refractivity contribution in [3.05, 3.63) is 39.8 Å². The SMILES string of the molecule is O=C(NCc1cn2ccsc2n1)c1sccc1S(=O)(=O)N1CCCC1. The molecule has 10 heteroatoms. The zero-order valence-electron chi connectivity index (χ0n) is 13.2. The van der Waals surface area contributed by atoms with E-state index in [-0.39, 0.29) is 22.2 Å². The van der Waals surface area contributed by atoms with E-state index in [1.54, 1.807) is 5.38 Å². The number of nitrogens with zero attached hydrogens (tertiary/aromatic N) is 3. The molecule has 3 aromatic rings. The van der Waals surface area contributed by atoms with Crippen LogP contribution in [-0.2, 0) is 16.6 Å². The summed E-state index contributed by atoms with van der Waals surface area (Å²) in [6.07, 6.45) is 5.48. The number of nitrogens with one attached hydrogen (secondary N) is 1. The fourth-order valence-corrected chi connectivity index (χ4v) is 6.40. The van der Waals surface area contributed by atoms with Crippen LogP contribution in [0.1, 0.15) is 28.2 Å². The summed E-state index contributed by atoms with van der Waals surface area (Å²) in [5, 5.41) is 6.35. The average Bonchev–Trinajstić information content (AvgIpc) is 3.36. The maximum atomic E-state index is 12.7. The topological polar surface area (TPSA) is 83.8 Å². The smallest absolute Gasteiger partial charge is 0.263 e. The third kappa shape index (κ3) is 3.10. The maximum absolute atomic E-state index is 12.7. The number of thiazole rings is 1. The number of carbonyl (C=O) groups is 1. The summed E-state index contributed by atoms with van der Waals surface area (Å²) < 4.78 is 28.8. The molecule has 4 rings (SSSR count). The summed E-state index contributed by atoms with van der Waals surface area (Å²) in [6.45, 7) is 1.30. The molecule has 132 valence electrons. The summed E-state index contributed by atoms with van der Waals surface area (Å²) in [6, 6.07) is 1.51. The molecule has 1 amide bonds. The van der Waals surface area contributed by atoms with Gasteiger partial charge in [-0.05, 0) is 24.3 Å². The van der Waals surface area contributed by atoms with Crippen molar-refractivity contribution in [1.82, 2.24) is 19.0 Å². The molecule has 0 radical (unpaired) electrons. The molecule has 0 bridgehead atoms. The van der Waals surface area contributed by atoms with Gasteiger partial charge in [0, 0.05) is 30.9 Å². The lowest BCUT2D eigenvalue weighted by molar-refractivity contribution is 0.0951. The van der Waals surface area contributed by atoms with Gasteiger partial charge in [-0.3, -0.25) is 9.20 Å². The van der Waals surface area contributed by atoms with Crippen molar-refractivity contribution in [2.75, 3.05) is 13.1 Å². The highest BCUT2D eigenvalue weighted by atomic mass is 32.2. The van der Waals surface area contributed by atoms with E-state index in [1.807, 2.05) is 22.2 Å². The number of hydrogen-bond acceptors (Lipinski definition) is 6. The zero-order valence-corrected chi connectivity index (χ0v) is 15.7. The quantitative estimate of drug-likeness (QED) is 0.716. The molecule has 0 spiro atoms. The molecule has 25 heavy (non-hydrogen) atoms.